The second-order valence-electron chi connectivity index (χ2n) is 7.94. The van der Waals surface area contributed by atoms with Crippen molar-refractivity contribution in [2.45, 2.75) is 25.3 Å². The highest BCUT2D eigenvalue weighted by molar-refractivity contribution is 5.94. The van der Waals surface area contributed by atoms with Crippen LogP contribution in [0.5, 0.6) is 5.75 Å². The van der Waals surface area contributed by atoms with Crippen LogP contribution in [0.3, 0.4) is 0 Å². The van der Waals surface area contributed by atoms with Gasteiger partial charge in [0, 0.05) is 32.7 Å². The number of nitrogens with zero attached hydrogens (tertiary/aromatic N) is 2. The Morgan fingerprint density at radius 2 is 1.91 bits per heavy atom. The van der Waals surface area contributed by atoms with Crippen molar-refractivity contribution in [2.24, 2.45) is 4.99 Å². The molecule has 1 aliphatic rings. The van der Waals surface area contributed by atoms with E-state index >= 15 is 0 Å². The van der Waals surface area contributed by atoms with E-state index in [1.54, 1.807) is 21.2 Å². The van der Waals surface area contributed by atoms with Gasteiger partial charge in [-0.25, -0.2) is 0 Å². The topological polar surface area (TPSA) is 78.0 Å². The van der Waals surface area contributed by atoms with Crippen LogP contribution >= 0.6 is 0 Å². The third kappa shape index (κ3) is 6.47. The molecule has 1 unspecified atom stereocenters. The fraction of sp³-hybridized carbons (Fsp3) is 0.440. The van der Waals surface area contributed by atoms with Gasteiger partial charge in [-0.2, -0.15) is 0 Å². The second-order valence-corrected chi connectivity index (χ2v) is 7.94. The van der Waals surface area contributed by atoms with E-state index < -0.39 is 0 Å². The number of guanidine groups is 1. The first-order valence-corrected chi connectivity index (χ1v) is 11.3. The highest BCUT2D eigenvalue weighted by Gasteiger charge is 2.24. The van der Waals surface area contributed by atoms with Gasteiger partial charge in [-0.3, -0.25) is 14.7 Å². The number of hydrogen-bond acceptors (Lipinski definition) is 4. The van der Waals surface area contributed by atoms with Crippen molar-refractivity contribution >= 4 is 11.9 Å². The molecule has 0 spiro atoms. The predicted molar refractivity (Wildman–Crippen MR) is 129 cm³/mol. The van der Waals surface area contributed by atoms with Gasteiger partial charge in [-0.15, -0.1) is 0 Å². The molecular formula is C25H35N5O2. The van der Waals surface area contributed by atoms with Crippen LogP contribution in [0.1, 0.15) is 40.4 Å². The Bertz CT molecular complexity index is 909. The van der Waals surface area contributed by atoms with Gasteiger partial charge in [0.25, 0.3) is 5.91 Å². The van der Waals surface area contributed by atoms with Crippen LogP contribution in [0.2, 0.25) is 0 Å². The fourth-order valence-electron chi connectivity index (χ4n) is 4.11. The number of likely N-dealkylation sites (tertiary alicyclic amines) is 1. The van der Waals surface area contributed by atoms with Gasteiger partial charge < -0.3 is 20.7 Å². The van der Waals surface area contributed by atoms with Gasteiger partial charge in [0.1, 0.15) is 5.75 Å². The average Bonchev–Trinajstić information content (AvgIpc) is 3.37. The van der Waals surface area contributed by atoms with Crippen LogP contribution in [0.25, 0.3) is 0 Å². The van der Waals surface area contributed by atoms with Crippen molar-refractivity contribution in [2.75, 3.05) is 47.4 Å². The molecule has 1 heterocycles. The van der Waals surface area contributed by atoms with Crippen LogP contribution in [0, 0.1) is 0 Å². The zero-order chi connectivity index (χ0) is 22.8. The van der Waals surface area contributed by atoms with E-state index in [9.17, 15) is 4.79 Å². The first-order valence-electron chi connectivity index (χ1n) is 11.3. The molecule has 0 bridgehead atoms. The van der Waals surface area contributed by atoms with E-state index in [2.05, 4.69) is 44.0 Å². The molecule has 1 saturated heterocycles. The van der Waals surface area contributed by atoms with Gasteiger partial charge >= 0.3 is 0 Å². The summed E-state index contributed by atoms with van der Waals surface area (Å²) in [6.45, 7) is 3.71. The van der Waals surface area contributed by atoms with E-state index in [1.165, 1.54) is 18.4 Å². The van der Waals surface area contributed by atoms with Crippen molar-refractivity contribution in [3.05, 3.63) is 65.2 Å². The molecule has 1 aliphatic heterocycles. The lowest BCUT2D eigenvalue weighted by Gasteiger charge is -2.29. The quantitative estimate of drug-likeness (QED) is 0.415. The smallest absolute Gasteiger partial charge is 0.251 e. The summed E-state index contributed by atoms with van der Waals surface area (Å²) in [5.41, 5.74) is 3.04. The van der Waals surface area contributed by atoms with Crippen molar-refractivity contribution < 1.29 is 9.53 Å². The molecule has 1 fully saturated rings. The molecule has 172 valence electrons. The average molecular weight is 438 g/mol. The number of rotatable bonds is 9. The minimum atomic E-state index is -0.0669. The molecular weight excluding hydrogens is 402 g/mol. The summed E-state index contributed by atoms with van der Waals surface area (Å²) in [7, 11) is 5.14. The minimum Gasteiger partial charge on any atom is -0.497 e. The van der Waals surface area contributed by atoms with Gasteiger partial charge in [-0.1, -0.05) is 24.3 Å². The Balaban J connectivity index is 1.57. The third-order valence-electron chi connectivity index (χ3n) is 5.87. The maximum Gasteiger partial charge on any atom is 0.251 e. The SMILES string of the molecule is CN=C(NCCc1cccc(C(=O)NC)c1)NCC(c1cccc(OC)c1)N1CCCC1. The number of methoxy groups -OCH3 is 1. The first-order chi connectivity index (χ1) is 15.6. The van der Waals surface area contributed by atoms with E-state index in [4.69, 9.17) is 4.74 Å². The van der Waals surface area contributed by atoms with Crippen LogP contribution in [-0.2, 0) is 6.42 Å². The molecule has 1 amide bonds. The van der Waals surface area contributed by atoms with E-state index in [-0.39, 0.29) is 11.9 Å². The van der Waals surface area contributed by atoms with Crippen molar-refractivity contribution in [1.29, 1.82) is 0 Å². The zero-order valence-corrected chi connectivity index (χ0v) is 19.4. The molecule has 0 aromatic heterocycles. The van der Waals surface area contributed by atoms with Gasteiger partial charge in [0.15, 0.2) is 5.96 Å². The van der Waals surface area contributed by atoms with Gasteiger partial charge in [0.05, 0.1) is 13.2 Å². The lowest BCUT2D eigenvalue weighted by molar-refractivity contribution is 0.0963. The Morgan fingerprint density at radius 3 is 2.62 bits per heavy atom. The number of ether oxygens (including phenoxy) is 1. The van der Waals surface area contributed by atoms with Crippen LogP contribution < -0.4 is 20.7 Å². The number of amides is 1. The fourth-order valence-corrected chi connectivity index (χ4v) is 4.11. The summed E-state index contributed by atoms with van der Waals surface area (Å²) < 4.78 is 5.44. The maximum atomic E-state index is 11.8. The van der Waals surface area contributed by atoms with Crippen molar-refractivity contribution in [1.82, 2.24) is 20.9 Å². The van der Waals surface area contributed by atoms with Crippen molar-refractivity contribution in [3.8, 4) is 5.75 Å². The van der Waals surface area contributed by atoms with Crippen LogP contribution in [0.15, 0.2) is 53.5 Å². The van der Waals surface area contributed by atoms with Crippen molar-refractivity contribution in [3.63, 3.8) is 0 Å². The molecule has 7 nitrogen and oxygen atoms in total. The Morgan fingerprint density at radius 1 is 1.12 bits per heavy atom. The summed E-state index contributed by atoms with van der Waals surface area (Å²) in [5.74, 6) is 1.59. The molecule has 3 rings (SSSR count). The lowest BCUT2D eigenvalue weighted by Crippen LogP contribution is -2.43. The summed E-state index contributed by atoms with van der Waals surface area (Å²) in [5, 5.41) is 9.56. The molecule has 0 saturated carbocycles. The largest absolute Gasteiger partial charge is 0.497 e. The molecule has 0 aliphatic carbocycles. The molecule has 2 aromatic rings. The molecule has 1 atom stereocenters. The highest BCUT2D eigenvalue weighted by Crippen LogP contribution is 2.27. The molecule has 2 aromatic carbocycles. The highest BCUT2D eigenvalue weighted by atomic mass is 16.5. The third-order valence-corrected chi connectivity index (χ3v) is 5.87. The number of carbonyl (C=O) groups excluding carboxylic acids is 1. The molecule has 7 heteroatoms. The second kappa shape index (κ2) is 12.1. The summed E-state index contributed by atoms with van der Waals surface area (Å²) in [6, 6.07) is 16.3. The summed E-state index contributed by atoms with van der Waals surface area (Å²) >= 11 is 0. The number of hydrogen-bond donors (Lipinski definition) is 3. The zero-order valence-electron chi connectivity index (χ0n) is 19.4. The Kier molecular flexibility index (Phi) is 8.92. The van der Waals surface area contributed by atoms with Crippen LogP contribution in [-0.4, -0.2) is 64.2 Å². The molecule has 32 heavy (non-hydrogen) atoms. The standard InChI is InChI=1S/C25H35N5O2/c1-26-24(31)21-10-6-8-19(16-21)12-13-28-25(27-2)29-18-23(30-14-4-5-15-30)20-9-7-11-22(17-20)32-3/h6-11,16-17,23H,4-5,12-15,18H2,1-3H3,(H,26,31)(H2,27,28,29). The number of aliphatic imine (C=N–C) groups is 1. The van der Waals surface area contributed by atoms with E-state index in [0.717, 1.165) is 49.9 Å². The maximum absolute atomic E-state index is 11.8. The number of carbonyl (C=O) groups is 1. The monoisotopic (exact) mass is 437 g/mol. The van der Waals surface area contributed by atoms with Gasteiger partial charge in [0.2, 0.25) is 0 Å². The summed E-state index contributed by atoms with van der Waals surface area (Å²) in [4.78, 5) is 18.8. The Hall–Kier alpha value is -3.06. The van der Waals surface area contributed by atoms with Crippen LogP contribution in [0.4, 0.5) is 0 Å². The van der Waals surface area contributed by atoms with E-state index in [0.29, 0.717) is 5.56 Å². The molecule has 0 radical (unpaired) electrons. The summed E-state index contributed by atoms with van der Waals surface area (Å²) in [6.07, 6.45) is 3.28. The lowest BCUT2D eigenvalue weighted by atomic mass is 10.1. The molecule has 3 N–H and O–H groups in total. The first kappa shape index (κ1) is 23.6. The minimum absolute atomic E-state index is 0.0669. The predicted octanol–water partition coefficient (Wildman–Crippen LogP) is 2.60. The number of nitrogens with one attached hydrogen (secondary N) is 3. The van der Waals surface area contributed by atoms with Gasteiger partial charge in [-0.05, 0) is 67.7 Å². The Labute approximate surface area is 191 Å². The number of benzene rings is 2. The normalized spacial score (nSPS) is 15.3. The van der Waals surface area contributed by atoms with E-state index in [1.807, 2.05) is 30.3 Å².